The van der Waals surface area contributed by atoms with Crippen LogP contribution in [0.25, 0.3) is 6.08 Å². The minimum absolute atomic E-state index is 0.0805. The highest BCUT2D eigenvalue weighted by molar-refractivity contribution is 5.65. The number of piperidine rings is 1. The van der Waals surface area contributed by atoms with Crippen LogP contribution in [-0.2, 0) is 0 Å². The molecular weight excluding hydrogens is 260 g/mol. The Bertz CT molecular complexity index is 516. The van der Waals surface area contributed by atoms with Gasteiger partial charge < -0.3 is 10.0 Å². The van der Waals surface area contributed by atoms with Crippen molar-refractivity contribution in [1.29, 1.82) is 0 Å². The van der Waals surface area contributed by atoms with Crippen molar-refractivity contribution in [1.82, 2.24) is 4.90 Å². The maximum Gasteiger partial charge on any atom is 0.407 e. The van der Waals surface area contributed by atoms with Gasteiger partial charge in [-0.15, -0.1) is 0 Å². The van der Waals surface area contributed by atoms with Crippen molar-refractivity contribution in [2.75, 3.05) is 13.1 Å². The SMILES string of the molecule is O=C(O)N1CCC(C=Cc2ccc([N+](=O)[O-])cc2)CC1. The van der Waals surface area contributed by atoms with Crippen LogP contribution in [0.3, 0.4) is 0 Å². The molecule has 2 rings (SSSR count). The number of hydrogen-bond acceptors (Lipinski definition) is 3. The molecule has 0 radical (unpaired) electrons. The molecule has 0 bridgehead atoms. The quantitative estimate of drug-likeness (QED) is 0.679. The van der Waals surface area contributed by atoms with Crippen LogP contribution in [0, 0.1) is 16.0 Å². The Morgan fingerprint density at radius 3 is 2.40 bits per heavy atom. The van der Waals surface area contributed by atoms with Gasteiger partial charge in [0.25, 0.3) is 5.69 Å². The summed E-state index contributed by atoms with van der Waals surface area (Å²) in [7, 11) is 0. The number of likely N-dealkylation sites (tertiary alicyclic amines) is 1. The molecule has 6 heteroatoms. The Hall–Kier alpha value is -2.37. The summed E-state index contributed by atoms with van der Waals surface area (Å²) in [5, 5.41) is 19.4. The second-order valence-corrected chi connectivity index (χ2v) is 4.81. The van der Waals surface area contributed by atoms with Crippen molar-refractivity contribution < 1.29 is 14.8 Å². The molecule has 1 saturated heterocycles. The third-order valence-electron chi connectivity index (χ3n) is 3.47. The van der Waals surface area contributed by atoms with E-state index in [2.05, 4.69) is 6.08 Å². The Morgan fingerprint density at radius 1 is 1.30 bits per heavy atom. The zero-order chi connectivity index (χ0) is 14.5. The van der Waals surface area contributed by atoms with Gasteiger partial charge in [-0.05, 0) is 36.5 Å². The van der Waals surface area contributed by atoms with Crippen LogP contribution in [0.2, 0.25) is 0 Å². The van der Waals surface area contributed by atoms with Crippen molar-refractivity contribution >= 4 is 17.9 Å². The Balaban J connectivity index is 1.90. The zero-order valence-corrected chi connectivity index (χ0v) is 10.9. The monoisotopic (exact) mass is 276 g/mol. The molecular formula is C14H16N2O4. The summed E-state index contributed by atoms with van der Waals surface area (Å²) in [6.45, 7) is 1.12. The number of benzene rings is 1. The lowest BCUT2D eigenvalue weighted by Gasteiger charge is -2.28. The van der Waals surface area contributed by atoms with E-state index in [0.717, 1.165) is 18.4 Å². The molecule has 1 aliphatic heterocycles. The van der Waals surface area contributed by atoms with Crippen LogP contribution in [-0.4, -0.2) is 34.1 Å². The molecule has 20 heavy (non-hydrogen) atoms. The van der Waals surface area contributed by atoms with Gasteiger partial charge in [0.1, 0.15) is 0 Å². The summed E-state index contributed by atoms with van der Waals surface area (Å²) in [6, 6.07) is 6.38. The fourth-order valence-electron chi connectivity index (χ4n) is 2.24. The van der Waals surface area contributed by atoms with Crippen molar-refractivity contribution in [3.8, 4) is 0 Å². The Morgan fingerprint density at radius 2 is 1.90 bits per heavy atom. The van der Waals surface area contributed by atoms with E-state index in [4.69, 9.17) is 5.11 Å². The molecule has 0 atom stereocenters. The zero-order valence-electron chi connectivity index (χ0n) is 10.9. The van der Waals surface area contributed by atoms with Gasteiger partial charge >= 0.3 is 6.09 Å². The molecule has 0 aromatic heterocycles. The first kappa shape index (κ1) is 14.0. The fourth-order valence-corrected chi connectivity index (χ4v) is 2.24. The normalized spacial score (nSPS) is 16.5. The standard InChI is InChI=1S/C14H16N2O4/c17-14(18)15-9-7-12(8-10-15)2-1-11-3-5-13(6-4-11)16(19)20/h1-6,12H,7-10H2,(H,17,18). The van der Waals surface area contributed by atoms with E-state index in [0.29, 0.717) is 19.0 Å². The van der Waals surface area contributed by atoms with Gasteiger partial charge in [0.2, 0.25) is 0 Å². The topological polar surface area (TPSA) is 83.7 Å². The predicted octanol–water partition coefficient (Wildman–Crippen LogP) is 3.00. The summed E-state index contributed by atoms with van der Waals surface area (Å²) in [6.07, 6.45) is 4.76. The number of amides is 1. The highest BCUT2D eigenvalue weighted by Crippen LogP contribution is 2.20. The van der Waals surface area contributed by atoms with Gasteiger partial charge in [0, 0.05) is 25.2 Å². The summed E-state index contributed by atoms with van der Waals surface area (Å²) >= 11 is 0. The smallest absolute Gasteiger partial charge is 0.407 e. The van der Waals surface area contributed by atoms with Crippen molar-refractivity contribution in [3.63, 3.8) is 0 Å². The second-order valence-electron chi connectivity index (χ2n) is 4.81. The number of carbonyl (C=O) groups is 1. The van der Waals surface area contributed by atoms with E-state index in [1.54, 1.807) is 12.1 Å². The van der Waals surface area contributed by atoms with E-state index in [1.165, 1.54) is 17.0 Å². The van der Waals surface area contributed by atoms with Gasteiger partial charge in [0.05, 0.1) is 4.92 Å². The Labute approximate surface area is 116 Å². The van der Waals surface area contributed by atoms with Crippen LogP contribution < -0.4 is 0 Å². The third-order valence-corrected chi connectivity index (χ3v) is 3.47. The van der Waals surface area contributed by atoms with Crippen LogP contribution >= 0.6 is 0 Å². The summed E-state index contributed by atoms with van der Waals surface area (Å²) < 4.78 is 0. The lowest BCUT2D eigenvalue weighted by molar-refractivity contribution is -0.384. The van der Waals surface area contributed by atoms with E-state index in [9.17, 15) is 14.9 Å². The first-order valence-electron chi connectivity index (χ1n) is 6.47. The van der Waals surface area contributed by atoms with Gasteiger partial charge in [0.15, 0.2) is 0 Å². The maximum absolute atomic E-state index is 10.8. The van der Waals surface area contributed by atoms with Crippen molar-refractivity contribution in [3.05, 3.63) is 46.0 Å². The average Bonchev–Trinajstić information content (AvgIpc) is 2.46. The molecule has 0 unspecified atom stereocenters. The molecule has 1 aliphatic rings. The molecule has 6 nitrogen and oxygen atoms in total. The summed E-state index contributed by atoms with van der Waals surface area (Å²) in [5.74, 6) is 0.362. The molecule has 106 valence electrons. The lowest BCUT2D eigenvalue weighted by Crippen LogP contribution is -2.36. The second kappa shape index (κ2) is 6.18. The molecule has 0 saturated carbocycles. The molecule has 1 aromatic rings. The number of rotatable bonds is 3. The van der Waals surface area contributed by atoms with E-state index < -0.39 is 11.0 Å². The first-order valence-corrected chi connectivity index (χ1v) is 6.47. The number of carboxylic acid groups (broad SMARTS) is 1. The number of non-ortho nitro benzene ring substituents is 1. The number of allylic oxidation sites excluding steroid dienone is 1. The van der Waals surface area contributed by atoms with Crippen molar-refractivity contribution in [2.45, 2.75) is 12.8 Å². The molecule has 1 aromatic carbocycles. The van der Waals surface area contributed by atoms with Gasteiger partial charge in [-0.25, -0.2) is 4.79 Å². The highest BCUT2D eigenvalue weighted by atomic mass is 16.6. The first-order chi connectivity index (χ1) is 9.56. The van der Waals surface area contributed by atoms with Gasteiger partial charge in [-0.1, -0.05) is 12.2 Å². The van der Waals surface area contributed by atoms with Crippen LogP contribution in [0.1, 0.15) is 18.4 Å². The van der Waals surface area contributed by atoms with E-state index in [1.807, 2.05) is 6.08 Å². The summed E-state index contributed by atoms with van der Waals surface area (Å²) in [4.78, 5) is 22.3. The van der Waals surface area contributed by atoms with Crippen LogP contribution in [0.4, 0.5) is 10.5 Å². The molecule has 1 fully saturated rings. The largest absolute Gasteiger partial charge is 0.465 e. The fraction of sp³-hybridized carbons (Fsp3) is 0.357. The van der Waals surface area contributed by atoms with E-state index >= 15 is 0 Å². The maximum atomic E-state index is 10.8. The summed E-state index contributed by atoms with van der Waals surface area (Å²) in [5.41, 5.74) is 0.994. The van der Waals surface area contributed by atoms with Crippen LogP contribution in [0.5, 0.6) is 0 Å². The predicted molar refractivity (Wildman–Crippen MR) is 74.5 cm³/mol. The highest BCUT2D eigenvalue weighted by Gasteiger charge is 2.20. The number of nitro groups is 1. The Kier molecular flexibility index (Phi) is 4.34. The average molecular weight is 276 g/mol. The molecule has 1 N–H and O–H groups in total. The number of nitrogens with zero attached hydrogens (tertiary/aromatic N) is 2. The third kappa shape index (κ3) is 3.57. The molecule has 1 amide bonds. The van der Waals surface area contributed by atoms with Crippen molar-refractivity contribution in [2.24, 2.45) is 5.92 Å². The number of nitro benzene ring substituents is 1. The molecule has 0 spiro atoms. The van der Waals surface area contributed by atoms with Crippen LogP contribution in [0.15, 0.2) is 30.3 Å². The lowest BCUT2D eigenvalue weighted by atomic mass is 9.96. The number of hydrogen-bond donors (Lipinski definition) is 1. The minimum Gasteiger partial charge on any atom is -0.465 e. The molecule has 1 heterocycles. The van der Waals surface area contributed by atoms with Gasteiger partial charge in [-0.3, -0.25) is 10.1 Å². The minimum atomic E-state index is -0.859. The molecule has 0 aliphatic carbocycles. The van der Waals surface area contributed by atoms with E-state index in [-0.39, 0.29) is 5.69 Å². The van der Waals surface area contributed by atoms with Gasteiger partial charge in [-0.2, -0.15) is 0 Å².